The van der Waals surface area contributed by atoms with Crippen LogP contribution >= 0.6 is 0 Å². The summed E-state index contributed by atoms with van der Waals surface area (Å²) in [4.78, 5) is 10.4. The molecule has 0 aliphatic heterocycles. The standard InChI is InChI=1S/C10H14N2O/c11-10(13)7-4-8-12-9-5-2-1-3-6-9/h1-3,5-6,12H,4,7-8H2,(H2,11,13). The lowest BCUT2D eigenvalue weighted by atomic mass is 10.3. The molecule has 0 radical (unpaired) electrons. The number of para-hydroxylation sites is 1. The first kappa shape index (κ1) is 9.58. The summed E-state index contributed by atoms with van der Waals surface area (Å²) in [5, 5.41) is 3.19. The highest BCUT2D eigenvalue weighted by Gasteiger charge is 1.93. The lowest BCUT2D eigenvalue weighted by molar-refractivity contribution is -0.118. The average molecular weight is 178 g/mol. The van der Waals surface area contributed by atoms with Crippen LogP contribution in [-0.2, 0) is 4.79 Å². The van der Waals surface area contributed by atoms with E-state index in [1.54, 1.807) is 0 Å². The van der Waals surface area contributed by atoms with Crippen LogP contribution in [0.4, 0.5) is 5.69 Å². The van der Waals surface area contributed by atoms with E-state index in [1.165, 1.54) is 0 Å². The van der Waals surface area contributed by atoms with Gasteiger partial charge in [0.15, 0.2) is 0 Å². The van der Waals surface area contributed by atoms with Crippen LogP contribution in [0.1, 0.15) is 12.8 Å². The first-order valence-corrected chi connectivity index (χ1v) is 4.36. The van der Waals surface area contributed by atoms with Crippen molar-refractivity contribution in [2.24, 2.45) is 5.73 Å². The van der Waals surface area contributed by atoms with Gasteiger partial charge in [0.2, 0.25) is 5.91 Å². The van der Waals surface area contributed by atoms with Crippen LogP contribution in [0.5, 0.6) is 0 Å². The minimum absolute atomic E-state index is 0.241. The van der Waals surface area contributed by atoms with Crippen LogP contribution in [0.25, 0.3) is 0 Å². The summed E-state index contributed by atoms with van der Waals surface area (Å²) in [7, 11) is 0. The highest BCUT2D eigenvalue weighted by atomic mass is 16.1. The summed E-state index contributed by atoms with van der Waals surface area (Å²) in [5.41, 5.74) is 6.08. The molecule has 3 heteroatoms. The number of benzene rings is 1. The van der Waals surface area contributed by atoms with Crippen LogP contribution in [-0.4, -0.2) is 12.5 Å². The number of hydrogen-bond acceptors (Lipinski definition) is 2. The topological polar surface area (TPSA) is 55.1 Å². The molecule has 13 heavy (non-hydrogen) atoms. The number of primary amides is 1. The molecule has 1 amide bonds. The SMILES string of the molecule is NC(=O)CCCNc1ccccc1. The van der Waals surface area contributed by atoms with Crippen LogP contribution < -0.4 is 11.1 Å². The second-order valence-electron chi connectivity index (χ2n) is 2.86. The number of anilines is 1. The Bertz CT molecular complexity index is 259. The van der Waals surface area contributed by atoms with Gasteiger partial charge in [0, 0.05) is 18.7 Å². The van der Waals surface area contributed by atoms with Crippen molar-refractivity contribution in [2.45, 2.75) is 12.8 Å². The number of carbonyl (C=O) groups excluding carboxylic acids is 1. The zero-order chi connectivity index (χ0) is 9.52. The van der Waals surface area contributed by atoms with Crippen molar-refractivity contribution in [3.8, 4) is 0 Å². The smallest absolute Gasteiger partial charge is 0.217 e. The van der Waals surface area contributed by atoms with E-state index < -0.39 is 0 Å². The van der Waals surface area contributed by atoms with E-state index in [9.17, 15) is 4.79 Å². The minimum Gasteiger partial charge on any atom is -0.385 e. The number of nitrogens with one attached hydrogen (secondary N) is 1. The Morgan fingerprint density at radius 3 is 2.62 bits per heavy atom. The van der Waals surface area contributed by atoms with Gasteiger partial charge in [0.25, 0.3) is 0 Å². The summed E-state index contributed by atoms with van der Waals surface area (Å²) >= 11 is 0. The molecule has 0 heterocycles. The Morgan fingerprint density at radius 1 is 1.31 bits per heavy atom. The zero-order valence-corrected chi connectivity index (χ0v) is 7.49. The predicted octanol–water partition coefficient (Wildman–Crippen LogP) is 1.36. The minimum atomic E-state index is -0.241. The molecule has 0 saturated heterocycles. The molecular weight excluding hydrogens is 164 g/mol. The van der Waals surface area contributed by atoms with Gasteiger partial charge in [-0.05, 0) is 18.6 Å². The number of rotatable bonds is 5. The van der Waals surface area contributed by atoms with Crippen molar-refractivity contribution in [1.29, 1.82) is 0 Å². The van der Waals surface area contributed by atoms with Crippen molar-refractivity contribution >= 4 is 11.6 Å². The fraction of sp³-hybridized carbons (Fsp3) is 0.300. The largest absolute Gasteiger partial charge is 0.385 e. The Balaban J connectivity index is 2.17. The molecule has 0 unspecified atom stereocenters. The van der Waals surface area contributed by atoms with Crippen LogP contribution in [0.3, 0.4) is 0 Å². The highest BCUT2D eigenvalue weighted by molar-refractivity contribution is 5.73. The molecule has 0 bridgehead atoms. The Hall–Kier alpha value is -1.51. The number of amides is 1. The normalized spacial score (nSPS) is 9.54. The van der Waals surface area contributed by atoms with Gasteiger partial charge in [-0.1, -0.05) is 18.2 Å². The van der Waals surface area contributed by atoms with Crippen LogP contribution in [0.2, 0.25) is 0 Å². The Labute approximate surface area is 77.9 Å². The predicted molar refractivity (Wildman–Crippen MR) is 53.4 cm³/mol. The second kappa shape index (κ2) is 5.19. The molecular formula is C10H14N2O. The van der Waals surface area contributed by atoms with Crippen molar-refractivity contribution in [3.63, 3.8) is 0 Å². The van der Waals surface area contributed by atoms with Gasteiger partial charge in [0.1, 0.15) is 0 Å². The van der Waals surface area contributed by atoms with E-state index in [0.29, 0.717) is 6.42 Å². The molecule has 1 aromatic rings. The molecule has 0 fully saturated rings. The molecule has 1 rings (SSSR count). The molecule has 1 aromatic carbocycles. The molecule has 70 valence electrons. The molecule has 0 aliphatic carbocycles. The summed E-state index contributed by atoms with van der Waals surface area (Å²) in [5.74, 6) is -0.241. The van der Waals surface area contributed by atoms with E-state index in [-0.39, 0.29) is 5.91 Å². The fourth-order valence-electron chi connectivity index (χ4n) is 1.05. The van der Waals surface area contributed by atoms with E-state index in [1.807, 2.05) is 30.3 Å². The third-order valence-corrected chi connectivity index (χ3v) is 1.70. The van der Waals surface area contributed by atoms with Gasteiger partial charge in [-0.15, -0.1) is 0 Å². The Morgan fingerprint density at radius 2 is 2.00 bits per heavy atom. The summed E-state index contributed by atoms with van der Waals surface area (Å²) in [6.07, 6.45) is 1.23. The quantitative estimate of drug-likeness (QED) is 0.669. The zero-order valence-electron chi connectivity index (χ0n) is 7.49. The maximum atomic E-state index is 10.4. The molecule has 0 aromatic heterocycles. The van der Waals surface area contributed by atoms with Gasteiger partial charge in [0.05, 0.1) is 0 Å². The number of nitrogens with two attached hydrogens (primary N) is 1. The molecule has 0 saturated carbocycles. The van der Waals surface area contributed by atoms with Crippen molar-refractivity contribution in [1.82, 2.24) is 0 Å². The van der Waals surface area contributed by atoms with Gasteiger partial charge >= 0.3 is 0 Å². The van der Waals surface area contributed by atoms with Crippen LogP contribution in [0, 0.1) is 0 Å². The number of hydrogen-bond donors (Lipinski definition) is 2. The number of carbonyl (C=O) groups is 1. The third kappa shape index (κ3) is 4.15. The maximum absolute atomic E-state index is 10.4. The van der Waals surface area contributed by atoms with Crippen molar-refractivity contribution < 1.29 is 4.79 Å². The van der Waals surface area contributed by atoms with Crippen LogP contribution in [0.15, 0.2) is 30.3 Å². The first-order valence-electron chi connectivity index (χ1n) is 4.36. The first-order chi connectivity index (χ1) is 6.29. The molecule has 0 atom stereocenters. The molecule has 3 nitrogen and oxygen atoms in total. The molecule has 0 spiro atoms. The van der Waals surface area contributed by atoms with Gasteiger partial charge < -0.3 is 11.1 Å². The highest BCUT2D eigenvalue weighted by Crippen LogP contribution is 2.04. The lowest BCUT2D eigenvalue weighted by Gasteiger charge is -2.03. The molecule has 0 aliphatic rings. The second-order valence-corrected chi connectivity index (χ2v) is 2.86. The Kier molecular flexibility index (Phi) is 3.82. The van der Waals surface area contributed by atoms with E-state index in [4.69, 9.17) is 5.73 Å². The van der Waals surface area contributed by atoms with Crippen molar-refractivity contribution in [2.75, 3.05) is 11.9 Å². The summed E-state index contributed by atoms with van der Waals surface area (Å²) in [6.45, 7) is 0.785. The monoisotopic (exact) mass is 178 g/mol. The average Bonchev–Trinajstić information content (AvgIpc) is 2.14. The summed E-state index contributed by atoms with van der Waals surface area (Å²) in [6, 6.07) is 9.88. The van der Waals surface area contributed by atoms with E-state index in [2.05, 4.69) is 5.32 Å². The molecule has 3 N–H and O–H groups in total. The fourth-order valence-corrected chi connectivity index (χ4v) is 1.05. The lowest BCUT2D eigenvalue weighted by Crippen LogP contribution is -2.12. The summed E-state index contributed by atoms with van der Waals surface area (Å²) < 4.78 is 0. The van der Waals surface area contributed by atoms with E-state index in [0.717, 1.165) is 18.7 Å². The third-order valence-electron chi connectivity index (χ3n) is 1.70. The van der Waals surface area contributed by atoms with Crippen molar-refractivity contribution in [3.05, 3.63) is 30.3 Å². The van der Waals surface area contributed by atoms with Gasteiger partial charge in [-0.25, -0.2) is 0 Å². The maximum Gasteiger partial charge on any atom is 0.217 e. The van der Waals surface area contributed by atoms with Gasteiger partial charge in [-0.2, -0.15) is 0 Å². The van der Waals surface area contributed by atoms with E-state index >= 15 is 0 Å². The van der Waals surface area contributed by atoms with Gasteiger partial charge in [-0.3, -0.25) is 4.79 Å².